The molecule has 2 rings (SSSR count). The third-order valence-corrected chi connectivity index (χ3v) is 3.39. The van der Waals surface area contributed by atoms with E-state index in [1.165, 1.54) is 0 Å². The lowest BCUT2D eigenvalue weighted by Gasteiger charge is -2.15. The van der Waals surface area contributed by atoms with Crippen molar-refractivity contribution in [2.24, 2.45) is 0 Å². The first-order valence-electron chi connectivity index (χ1n) is 4.96. The van der Waals surface area contributed by atoms with Crippen LogP contribution < -0.4 is 10.1 Å². The first-order valence-corrected chi connectivity index (χ1v) is 5.76. The van der Waals surface area contributed by atoms with Gasteiger partial charge in [0.1, 0.15) is 11.6 Å². The van der Waals surface area contributed by atoms with E-state index < -0.39 is 0 Å². The quantitative estimate of drug-likeness (QED) is 0.895. The topological polar surface area (TPSA) is 21.3 Å². The SMILES string of the molecule is COc1ccc(Br)c(F)c1C1CCNC1. The average molecular weight is 274 g/mol. The van der Waals surface area contributed by atoms with Gasteiger partial charge in [-0.3, -0.25) is 0 Å². The summed E-state index contributed by atoms with van der Waals surface area (Å²) in [5.41, 5.74) is 0.692. The molecule has 1 heterocycles. The molecule has 0 saturated carbocycles. The van der Waals surface area contributed by atoms with Gasteiger partial charge in [0.2, 0.25) is 0 Å². The first kappa shape index (κ1) is 10.9. The largest absolute Gasteiger partial charge is 0.496 e. The zero-order chi connectivity index (χ0) is 10.8. The Bertz CT molecular complexity index is 364. The van der Waals surface area contributed by atoms with E-state index >= 15 is 0 Å². The van der Waals surface area contributed by atoms with E-state index in [0.29, 0.717) is 15.8 Å². The minimum atomic E-state index is -0.192. The van der Waals surface area contributed by atoms with Crippen molar-refractivity contribution in [2.45, 2.75) is 12.3 Å². The van der Waals surface area contributed by atoms with Gasteiger partial charge in [-0.15, -0.1) is 0 Å². The minimum absolute atomic E-state index is 0.192. The van der Waals surface area contributed by atoms with Crippen molar-refractivity contribution in [1.82, 2.24) is 5.32 Å². The van der Waals surface area contributed by atoms with Gasteiger partial charge in [-0.25, -0.2) is 4.39 Å². The summed E-state index contributed by atoms with van der Waals surface area (Å²) in [7, 11) is 1.58. The molecular formula is C11H13BrFNO. The molecule has 1 aromatic rings. The molecule has 15 heavy (non-hydrogen) atoms. The molecule has 1 aliphatic rings. The molecule has 0 radical (unpaired) electrons. The fraction of sp³-hybridized carbons (Fsp3) is 0.455. The lowest BCUT2D eigenvalue weighted by Crippen LogP contribution is -2.10. The van der Waals surface area contributed by atoms with Crippen LogP contribution in [0.5, 0.6) is 5.75 Å². The van der Waals surface area contributed by atoms with Crippen molar-refractivity contribution in [3.8, 4) is 5.75 Å². The van der Waals surface area contributed by atoms with Gasteiger partial charge in [0.15, 0.2) is 0 Å². The maximum atomic E-state index is 13.9. The fourth-order valence-electron chi connectivity index (χ4n) is 2.01. The summed E-state index contributed by atoms with van der Waals surface area (Å²) in [5, 5.41) is 3.23. The Labute approximate surface area is 96.9 Å². The second kappa shape index (κ2) is 4.49. The summed E-state index contributed by atoms with van der Waals surface area (Å²) in [6.45, 7) is 1.77. The number of benzene rings is 1. The number of hydrogen-bond donors (Lipinski definition) is 1. The Morgan fingerprint density at radius 3 is 2.93 bits per heavy atom. The highest BCUT2D eigenvalue weighted by molar-refractivity contribution is 9.10. The third-order valence-electron chi connectivity index (χ3n) is 2.78. The molecule has 0 amide bonds. The fourth-order valence-corrected chi connectivity index (χ4v) is 2.35. The van der Waals surface area contributed by atoms with Crippen LogP contribution in [0, 0.1) is 5.82 Å². The third kappa shape index (κ3) is 2.01. The molecule has 4 heteroatoms. The Morgan fingerprint density at radius 1 is 1.53 bits per heavy atom. The monoisotopic (exact) mass is 273 g/mol. The number of ether oxygens (including phenoxy) is 1. The summed E-state index contributed by atoms with van der Waals surface area (Å²) < 4.78 is 19.7. The van der Waals surface area contributed by atoms with Crippen LogP contribution in [-0.4, -0.2) is 20.2 Å². The molecule has 1 unspecified atom stereocenters. The van der Waals surface area contributed by atoms with Crippen LogP contribution in [0.2, 0.25) is 0 Å². The van der Waals surface area contributed by atoms with E-state index in [0.717, 1.165) is 19.5 Å². The normalized spacial score (nSPS) is 20.6. The van der Waals surface area contributed by atoms with Crippen LogP contribution >= 0.6 is 15.9 Å². The Kier molecular flexibility index (Phi) is 3.26. The van der Waals surface area contributed by atoms with Crippen molar-refractivity contribution >= 4 is 15.9 Å². The van der Waals surface area contributed by atoms with E-state index in [9.17, 15) is 4.39 Å². The van der Waals surface area contributed by atoms with Gasteiger partial charge in [0, 0.05) is 18.0 Å². The van der Waals surface area contributed by atoms with Crippen molar-refractivity contribution in [3.05, 3.63) is 28.0 Å². The second-order valence-corrected chi connectivity index (χ2v) is 4.52. The summed E-state index contributed by atoms with van der Waals surface area (Å²) in [6.07, 6.45) is 0.962. The second-order valence-electron chi connectivity index (χ2n) is 3.67. The highest BCUT2D eigenvalue weighted by Gasteiger charge is 2.24. The lowest BCUT2D eigenvalue weighted by atomic mass is 9.97. The molecule has 1 aliphatic heterocycles. The Hall–Kier alpha value is -0.610. The lowest BCUT2D eigenvalue weighted by molar-refractivity contribution is 0.399. The number of methoxy groups -OCH3 is 1. The van der Waals surface area contributed by atoms with Crippen LogP contribution in [-0.2, 0) is 0 Å². The number of halogens is 2. The zero-order valence-corrected chi connectivity index (χ0v) is 10.1. The molecule has 0 aromatic heterocycles. The summed E-state index contributed by atoms with van der Waals surface area (Å²) in [5.74, 6) is 0.671. The van der Waals surface area contributed by atoms with Crippen molar-refractivity contribution < 1.29 is 9.13 Å². The Morgan fingerprint density at radius 2 is 2.33 bits per heavy atom. The van der Waals surface area contributed by atoms with Gasteiger partial charge in [0.25, 0.3) is 0 Å². The van der Waals surface area contributed by atoms with Crippen molar-refractivity contribution in [1.29, 1.82) is 0 Å². The van der Waals surface area contributed by atoms with Gasteiger partial charge in [0.05, 0.1) is 11.6 Å². The Balaban J connectivity index is 2.45. The molecule has 0 aliphatic carbocycles. The molecule has 1 fully saturated rings. The number of rotatable bonds is 2. The average Bonchev–Trinajstić information content (AvgIpc) is 2.75. The predicted molar refractivity (Wildman–Crippen MR) is 60.9 cm³/mol. The molecule has 82 valence electrons. The van der Waals surface area contributed by atoms with Crippen LogP contribution in [0.1, 0.15) is 17.9 Å². The summed E-state index contributed by atoms with van der Waals surface area (Å²) in [4.78, 5) is 0. The minimum Gasteiger partial charge on any atom is -0.496 e. The van der Waals surface area contributed by atoms with Crippen molar-refractivity contribution in [2.75, 3.05) is 20.2 Å². The maximum absolute atomic E-state index is 13.9. The van der Waals surface area contributed by atoms with Crippen molar-refractivity contribution in [3.63, 3.8) is 0 Å². The van der Waals surface area contributed by atoms with Gasteiger partial charge < -0.3 is 10.1 Å². The molecule has 0 spiro atoms. The van der Waals surface area contributed by atoms with E-state index in [4.69, 9.17) is 4.74 Å². The zero-order valence-electron chi connectivity index (χ0n) is 8.52. The van der Waals surface area contributed by atoms with Gasteiger partial charge in [-0.05, 0) is 41.0 Å². The summed E-state index contributed by atoms with van der Waals surface area (Å²) >= 11 is 3.21. The smallest absolute Gasteiger partial charge is 0.144 e. The van der Waals surface area contributed by atoms with Crippen LogP contribution in [0.25, 0.3) is 0 Å². The molecule has 1 N–H and O–H groups in total. The highest BCUT2D eigenvalue weighted by Crippen LogP contribution is 2.35. The summed E-state index contributed by atoms with van der Waals surface area (Å²) in [6, 6.07) is 3.49. The first-order chi connectivity index (χ1) is 7.24. The number of hydrogen-bond acceptors (Lipinski definition) is 2. The van der Waals surface area contributed by atoms with E-state index in [1.54, 1.807) is 19.2 Å². The molecular weight excluding hydrogens is 261 g/mol. The molecule has 1 aromatic carbocycles. The maximum Gasteiger partial charge on any atom is 0.144 e. The number of nitrogens with one attached hydrogen (secondary N) is 1. The van der Waals surface area contributed by atoms with E-state index in [1.807, 2.05) is 0 Å². The highest BCUT2D eigenvalue weighted by atomic mass is 79.9. The van der Waals surface area contributed by atoms with Gasteiger partial charge in [-0.2, -0.15) is 0 Å². The standard InChI is InChI=1S/C11H13BrFNO/c1-15-9-3-2-8(12)11(13)10(9)7-4-5-14-6-7/h2-3,7,14H,4-6H2,1H3. The van der Waals surface area contributed by atoms with Crippen LogP contribution in [0.4, 0.5) is 4.39 Å². The van der Waals surface area contributed by atoms with Crippen LogP contribution in [0.3, 0.4) is 0 Å². The van der Waals surface area contributed by atoms with E-state index in [-0.39, 0.29) is 11.7 Å². The predicted octanol–water partition coefficient (Wildman–Crippen LogP) is 2.67. The molecule has 1 saturated heterocycles. The van der Waals surface area contributed by atoms with Gasteiger partial charge in [-0.1, -0.05) is 0 Å². The molecule has 0 bridgehead atoms. The van der Waals surface area contributed by atoms with E-state index in [2.05, 4.69) is 21.2 Å². The van der Waals surface area contributed by atoms with Gasteiger partial charge >= 0.3 is 0 Å². The molecule has 2 nitrogen and oxygen atoms in total. The van der Waals surface area contributed by atoms with Crippen LogP contribution in [0.15, 0.2) is 16.6 Å². The molecule has 1 atom stereocenters.